The molecule has 5 nitrogen and oxygen atoms in total. The van der Waals surface area contributed by atoms with Gasteiger partial charge in [-0.15, -0.1) is 0 Å². The van der Waals surface area contributed by atoms with Gasteiger partial charge in [-0.3, -0.25) is 0 Å². The van der Waals surface area contributed by atoms with E-state index in [-0.39, 0.29) is 0 Å². The number of hydrogen-bond donors (Lipinski definition) is 1. The molecule has 2 fully saturated rings. The number of ether oxygens (including phenoxy) is 1. The summed E-state index contributed by atoms with van der Waals surface area (Å²) >= 11 is 0. The minimum Gasteiger partial charge on any atom is -0.371 e. The van der Waals surface area contributed by atoms with E-state index >= 15 is 0 Å². The lowest BCUT2D eigenvalue weighted by atomic mass is 10.2. The van der Waals surface area contributed by atoms with Gasteiger partial charge < -0.3 is 15.0 Å². The zero-order valence-electron chi connectivity index (χ0n) is 11.0. The third-order valence-electron chi connectivity index (χ3n) is 3.62. The number of fused-ring (bicyclic) bond motifs is 2. The van der Waals surface area contributed by atoms with Gasteiger partial charge in [0, 0.05) is 31.4 Å². The molecule has 2 bridgehead atoms. The van der Waals surface area contributed by atoms with Crippen LogP contribution in [0.4, 0.5) is 11.8 Å². The normalized spacial score (nSPS) is 26.4. The van der Waals surface area contributed by atoms with Crippen molar-refractivity contribution in [3.63, 3.8) is 0 Å². The van der Waals surface area contributed by atoms with Crippen molar-refractivity contribution >= 4 is 11.8 Å². The summed E-state index contributed by atoms with van der Waals surface area (Å²) in [5.41, 5.74) is 1.14. The van der Waals surface area contributed by atoms with Gasteiger partial charge in [-0.2, -0.15) is 4.98 Å². The number of morpholine rings is 1. The summed E-state index contributed by atoms with van der Waals surface area (Å²) in [5.74, 6) is 1.78. The maximum absolute atomic E-state index is 5.87. The van der Waals surface area contributed by atoms with Crippen LogP contribution in [0.3, 0.4) is 0 Å². The molecular formula is C13H20N4O. The van der Waals surface area contributed by atoms with E-state index < -0.39 is 0 Å². The smallest absolute Gasteiger partial charge is 0.224 e. The molecular weight excluding hydrogens is 228 g/mol. The van der Waals surface area contributed by atoms with Crippen LogP contribution in [0.1, 0.15) is 25.3 Å². The molecule has 2 aliphatic heterocycles. The SMILES string of the molecule is CCNc1ncc(C)c(N2CC3CCC(C2)O3)n1. The molecule has 3 rings (SSSR count). The second-order valence-electron chi connectivity index (χ2n) is 5.09. The highest BCUT2D eigenvalue weighted by Gasteiger charge is 2.34. The van der Waals surface area contributed by atoms with Crippen LogP contribution in [-0.2, 0) is 4.74 Å². The number of anilines is 2. The van der Waals surface area contributed by atoms with Gasteiger partial charge in [0.1, 0.15) is 5.82 Å². The molecule has 2 saturated heterocycles. The third kappa shape index (κ3) is 2.14. The minimum absolute atomic E-state index is 0.390. The Morgan fingerprint density at radius 2 is 2.11 bits per heavy atom. The summed E-state index contributed by atoms with van der Waals surface area (Å²) in [6, 6.07) is 0. The molecule has 3 heterocycles. The van der Waals surface area contributed by atoms with Crippen molar-refractivity contribution < 1.29 is 4.74 Å². The van der Waals surface area contributed by atoms with Gasteiger partial charge in [0.05, 0.1) is 12.2 Å². The third-order valence-corrected chi connectivity index (χ3v) is 3.62. The van der Waals surface area contributed by atoms with Crippen LogP contribution in [0.25, 0.3) is 0 Å². The molecule has 2 atom stereocenters. The van der Waals surface area contributed by atoms with E-state index in [4.69, 9.17) is 4.74 Å². The number of nitrogens with zero attached hydrogens (tertiary/aromatic N) is 3. The first-order valence-corrected chi connectivity index (χ1v) is 6.74. The Balaban J connectivity index is 1.84. The Morgan fingerprint density at radius 3 is 2.78 bits per heavy atom. The largest absolute Gasteiger partial charge is 0.371 e. The molecule has 0 spiro atoms. The van der Waals surface area contributed by atoms with Crippen molar-refractivity contribution in [1.82, 2.24) is 9.97 Å². The Hall–Kier alpha value is -1.36. The molecule has 2 aliphatic rings. The zero-order chi connectivity index (χ0) is 12.5. The second-order valence-corrected chi connectivity index (χ2v) is 5.09. The standard InChI is InChI=1S/C13H20N4O/c1-3-14-13-15-6-9(2)12(16-13)17-7-10-4-5-11(8-17)18-10/h6,10-11H,3-5,7-8H2,1-2H3,(H,14,15,16). The Morgan fingerprint density at radius 1 is 1.39 bits per heavy atom. The average molecular weight is 248 g/mol. The van der Waals surface area contributed by atoms with Crippen molar-refractivity contribution in [3.8, 4) is 0 Å². The second kappa shape index (κ2) is 4.72. The first kappa shape index (κ1) is 11.7. The number of aryl methyl sites for hydroxylation is 1. The fourth-order valence-corrected chi connectivity index (χ4v) is 2.78. The number of rotatable bonds is 3. The van der Waals surface area contributed by atoms with Crippen molar-refractivity contribution in [1.29, 1.82) is 0 Å². The fraction of sp³-hybridized carbons (Fsp3) is 0.692. The van der Waals surface area contributed by atoms with Gasteiger partial charge in [-0.05, 0) is 26.7 Å². The first-order chi connectivity index (χ1) is 8.76. The Bertz CT molecular complexity index is 425. The maximum Gasteiger partial charge on any atom is 0.224 e. The zero-order valence-corrected chi connectivity index (χ0v) is 11.0. The Kier molecular flexibility index (Phi) is 3.07. The van der Waals surface area contributed by atoms with Crippen molar-refractivity contribution in [2.24, 2.45) is 0 Å². The summed E-state index contributed by atoms with van der Waals surface area (Å²) in [5, 5.41) is 3.17. The van der Waals surface area contributed by atoms with Gasteiger partial charge in [-0.25, -0.2) is 4.98 Å². The van der Waals surface area contributed by atoms with E-state index in [2.05, 4.69) is 34.0 Å². The minimum atomic E-state index is 0.390. The molecule has 0 radical (unpaired) electrons. The van der Waals surface area contributed by atoms with Crippen LogP contribution in [0.2, 0.25) is 0 Å². The summed E-state index contributed by atoms with van der Waals surface area (Å²) < 4.78 is 5.87. The van der Waals surface area contributed by atoms with Gasteiger partial charge in [0.15, 0.2) is 0 Å². The molecule has 1 N–H and O–H groups in total. The highest BCUT2D eigenvalue weighted by atomic mass is 16.5. The average Bonchev–Trinajstić information content (AvgIpc) is 2.71. The molecule has 0 amide bonds. The van der Waals surface area contributed by atoms with Gasteiger partial charge in [0.2, 0.25) is 5.95 Å². The highest BCUT2D eigenvalue weighted by Crippen LogP contribution is 2.30. The first-order valence-electron chi connectivity index (χ1n) is 6.74. The maximum atomic E-state index is 5.87. The van der Waals surface area contributed by atoms with Crippen LogP contribution >= 0.6 is 0 Å². The molecule has 0 saturated carbocycles. The van der Waals surface area contributed by atoms with E-state index in [0.29, 0.717) is 12.2 Å². The van der Waals surface area contributed by atoms with Crippen LogP contribution in [0.5, 0.6) is 0 Å². The molecule has 5 heteroatoms. The number of aromatic nitrogens is 2. The molecule has 98 valence electrons. The molecule has 0 aliphatic carbocycles. The van der Waals surface area contributed by atoms with E-state index in [1.165, 1.54) is 12.8 Å². The lowest BCUT2D eigenvalue weighted by Gasteiger charge is -2.33. The van der Waals surface area contributed by atoms with Crippen LogP contribution in [0, 0.1) is 6.92 Å². The van der Waals surface area contributed by atoms with Crippen LogP contribution < -0.4 is 10.2 Å². The van der Waals surface area contributed by atoms with Crippen LogP contribution in [0.15, 0.2) is 6.20 Å². The summed E-state index contributed by atoms with van der Waals surface area (Å²) in [6.07, 6.45) is 5.05. The predicted octanol–water partition coefficient (Wildman–Crippen LogP) is 1.58. The summed E-state index contributed by atoms with van der Waals surface area (Å²) in [7, 11) is 0. The van der Waals surface area contributed by atoms with Gasteiger partial charge in [-0.1, -0.05) is 0 Å². The van der Waals surface area contributed by atoms with Gasteiger partial charge in [0.25, 0.3) is 0 Å². The molecule has 0 aromatic carbocycles. The molecule has 18 heavy (non-hydrogen) atoms. The predicted molar refractivity (Wildman–Crippen MR) is 71.0 cm³/mol. The molecule has 1 aromatic rings. The monoisotopic (exact) mass is 248 g/mol. The van der Waals surface area contributed by atoms with Crippen molar-refractivity contribution in [2.45, 2.75) is 38.9 Å². The molecule has 2 unspecified atom stereocenters. The number of hydrogen-bond acceptors (Lipinski definition) is 5. The topological polar surface area (TPSA) is 50.3 Å². The highest BCUT2D eigenvalue weighted by molar-refractivity contribution is 5.49. The van der Waals surface area contributed by atoms with Gasteiger partial charge >= 0.3 is 0 Å². The Labute approximate surface area is 108 Å². The fourth-order valence-electron chi connectivity index (χ4n) is 2.78. The van der Waals surface area contributed by atoms with Crippen molar-refractivity contribution in [3.05, 3.63) is 11.8 Å². The lowest BCUT2D eigenvalue weighted by Crippen LogP contribution is -2.43. The van der Waals surface area contributed by atoms with E-state index in [1.54, 1.807) is 0 Å². The molecule has 1 aromatic heterocycles. The van der Waals surface area contributed by atoms with E-state index in [1.807, 2.05) is 6.20 Å². The lowest BCUT2D eigenvalue weighted by molar-refractivity contribution is 0.0302. The quantitative estimate of drug-likeness (QED) is 0.880. The van der Waals surface area contributed by atoms with E-state index in [9.17, 15) is 0 Å². The summed E-state index contributed by atoms with van der Waals surface area (Å²) in [4.78, 5) is 11.3. The van der Waals surface area contributed by atoms with E-state index in [0.717, 1.165) is 37.0 Å². The van der Waals surface area contributed by atoms with Crippen molar-refractivity contribution in [2.75, 3.05) is 29.9 Å². The number of nitrogens with one attached hydrogen (secondary N) is 1. The summed E-state index contributed by atoms with van der Waals surface area (Å²) in [6.45, 7) is 6.89. The van der Waals surface area contributed by atoms with Crippen LogP contribution in [-0.4, -0.2) is 41.8 Å².